The van der Waals surface area contributed by atoms with E-state index in [0.717, 1.165) is 19.3 Å². The van der Waals surface area contributed by atoms with Gasteiger partial charge in [0.15, 0.2) is 5.96 Å². The zero-order valence-corrected chi connectivity index (χ0v) is 6.58. The van der Waals surface area contributed by atoms with Crippen LogP contribution in [0.15, 0.2) is 4.99 Å². The number of hydrogen-bond donors (Lipinski definition) is 3. The molecular formula is C7H15N3O. The zero-order chi connectivity index (χ0) is 8.32. The topological polar surface area (TPSA) is 84.6 Å². The van der Waals surface area contributed by atoms with E-state index in [1.165, 1.54) is 0 Å². The Kier molecular flexibility index (Phi) is 2.34. The second-order valence-electron chi connectivity index (χ2n) is 3.21. The molecule has 0 bridgehead atoms. The maximum atomic E-state index is 8.70. The molecule has 0 aromatic rings. The number of aliphatic hydroxyl groups excluding tert-OH is 1. The van der Waals surface area contributed by atoms with Crippen LogP contribution in [0, 0.1) is 5.41 Å². The van der Waals surface area contributed by atoms with E-state index in [2.05, 4.69) is 4.99 Å². The minimum absolute atomic E-state index is 0.147. The van der Waals surface area contributed by atoms with Crippen molar-refractivity contribution in [3.8, 4) is 0 Å². The Bertz CT molecular complexity index is 159. The first-order chi connectivity index (χ1) is 5.18. The molecule has 0 aliphatic heterocycles. The van der Waals surface area contributed by atoms with Gasteiger partial charge in [-0.3, -0.25) is 4.99 Å². The molecule has 0 spiro atoms. The molecule has 0 aromatic heterocycles. The molecule has 1 aliphatic rings. The number of guanidine groups is 1. The summed E-state index contributed by atoms with van der Waals surface area (Å²) >= 11 is 0. The molecule has 4 nitrogen and oxygen atoms in total. The third-order valence-corrected chi connectivity index (χ3v) is 2.20. The number of nitrogens with two attached hydrogens (primary N) is 2. The first kappa shape index (κ1) is 8.33. The number of hydrogen-bond acceptors (Lipinski definition) is 2. The molecule has 0 radical (unpaired) electrons. The summed E-state index contributed by atoms with van der Waals surface area (Å²) < 4.78 is 0. The van der Waals surface area contributed by atoms with Crippen LogP contribution in [0.25, 0.3) is 0 Å². The van der Waals surface area contributed by atoms with Crippen LogP contribution in [0.4, 0.5) is 0 Å². The van der Waals surface area contributed by atoms with Gasteiger partial charge in [0.05, 0.1) is 0 Å². The van der Waals surface area contributed by atoms with Crippen LogP contribution >= 0.6 is 0 Å². The van der Waals surface area contributed by atoms with Gasteiger partial charge in [-0.15, -0.1) is 0 Å². The molecule has 1 fully saturated rings. The molecule has 1 saturated carbocycles. The monoisotopic (exact) mass is 157 g/mol. The van der Waals surface area contributed by atoms with Gasteiger partial charge in [-0.2, -0.15) is 0 Å². The zero-order valence-electron chi connectivity index (χ0n) is 6.58. The highest BCUT2D eigenvalue weighted by Crippen LogP contribution is 2.48. The van der Waals surface area contributed by atoms with Gasteiger partial charge in [-0.05, 0) is 24.7 Å². The molecule has 1 aliphatic carbocycles. The summed E-state index contributed by atoms with van der Waals surface area (Å²) in [5.41, 5.74) is 10.6. The number of rotatable bonds is 4. The van der Waals surface area contributed by atoms with Crippen molar-refractivity contribution < 1.29 is 5.11 Å². The van der Waals surface area contributed by atoms with Crippen LogP contribution in [0.2, 0.25) is 0 Å². The first-order valence-electron chi connectivity index (χ1n) is 3.85. The quantitative estimate of drug-likeness (QED) is 0.377. The fourth-order valence-electron chi connectivity index (χ4n) is 1.16. The smallest absolute Gasteiger partial charge is 0.185 e. The Balaban J connectivity index is 2.30. The average Bonchev–Trinajstić information content (AvgIpc) is 2.67. The number of aliphatic hydroxyl groups is 1. The standard InChI is InChI=1S/C7H15N3O/c8-6(9)10-5-7(1-2-7)3-4-11/h11H,1-5H2,(H4,8,9,10). The molecule has 1 rings (SSSR count). The van der Waals surface area contributed by atoms with Crippen LogP contribution in [-0.2, 0) is 0 Å². The van der Waals surface area contributed by atoms with E-state index in [1.807, 2.05) is 0 Å². The molecule has 0 heterocycles. The second kappa shape index (κ2) is 3.09. The third-order valence-electron chi connectivity index (χ3n) is 2.20. The van der Waals surface area contributed by atoms with Crippen molar-refractivity contribution in [3.05, 3.63) is 0 Å². The van der Waals surface area contributed by atoms with Crippen molar-refractivity contribution in [3.63, 3.8) is 0 Å². The fraction of sp³-hybridized carbons (Fsp3) is 0.857. The van der Waals surface area contributed by atoms with E-state index >= 15 is 0 Å². The van der Waals surface area contributed by atoms with Gasteiger partial charge in [-0.1, -0.05) is 0 Å². The SMILES string of the molecule is NC(N)=NCC1(CCO)CC1. The Morgan fingerprint density at radius 1 is 1.45 bits per heavy atom. The lowest BCUT2D eigenvalue weighted by atomic mass is 10.0. The largest absolute Gasteiger partial charge is 0.396 e. The minimum atomic E-state index is 0.147. The molecule has 64 valence electrons. The van der Waals surface area contributed by atoms with Gasteiger partial charge in [0.1, 0.15) is 0 Å². The summed E-state index contributed by atoms with van der Waals surface area (Å²) in [6.45, 7) is 0.913. The number of nitrogens with zero attached hydrogens (tertiary/aromatic N) is 1. The van der Waals surface area contributed by atoms with E-state index in [-0.39, 0.29) is 18.0 Å². The third kappa shape index (κ3) is 2.38. The van der Waals surface area contributed by atoms with Crippen molar-refractivity contribution in [1.29, 1.82) is 0 Å². The predicted molar refractivity (Wildman–Crippen MR) is 44.0 cm³/mol. The summed E-state index contributed by atoms with van der Waals surface area (Å²) in [4.78, 5) is 3.94. The molecule has 0 aromatic carbocycles. The van der Waals surface area contributed by atoms with Gasteiger partial charge in [0.25, 0.3) is 0 Å². The fourth-order valence-corrected chi connectivity index (χ4v) is 1.16. The van der Waals surface area contributed by atoms with Gasteiger partial charge in [0.2, 0.25) is 0 Å². The molecule has 0 saturated heterocycles. The second-order valence-corrected chi connectivity index (χ2v) is 3.21. The Labute approximate surface area is 66.3 Å². The van der Waals surface area contributed by atoms with Gasteiger partial charge >= 0.3 is 0 Å². The summed E-state index contributed by atoms with van der Waals surface area (Å²) in [6, 6.07) is 0. The van der Waals surface area contributed by atoms with Crippen LogP contribution < -0.4 is 11.5 Å². The molecule has 0 unspecified atom stereocenters. The van der Waals surface area contributed by atoms with E-state index in [4.69, 9.17) is 16.6 Å². The van der Waals surface area contributed by atoms with Gasteiger partial charge in [-0.25, -0.2) is 0 Å². The molecule has 4 heteroatoms. The lowest BCUT2D eigenvalue weighted by Crippen LogP contribution is -2.24. The van der Waals surface area contributed by atoms with E-state index in [9.17, 15) is 0 Å². The van der Waals surface area contributed by atoms with E-state index in [1.54, 1.807) is 0 Å². The first-order valence-corrected chi connectivity index (χ1v) is 3.85. The summed E-state index contributed by atoms with van der Waals surface area (Å²) in [5, 5.41) is 8.70. The Morgan fingerprint density at radius 2 is 2.09 bits per heavy atom. The maximum Gasteiger partial charge on any atom is 0.185 e. The van der Waals surface area contributed by atoms with E-state index < -0.39 is 0 Å². The normalized spacial score (nSPS) is 19.4. The average molecular weight is 157 g/mol. The summed E-state index contributed by atoms with van der Waals surface area (Å²) in [7, 11) is 0. The lowest BCUT2D eigenvalue weighted by Gasteiger charge is -2.08. The van der Waals surface area contributed by atoms with Crippen molar-refractivity contribution in [1.82, 2.24) is 0 Å². The molecule has 11 heavy (non-hydrogen) atoms. The van der Waals surface area contributed by atoms with Crippen molar-refractivity contribution in [2.45, 2.75) is 19.3 Å². The summed E-state index contributed by atoms with van der Waals surface area (Å²) in [5.74, 6) is 0.147. The van der Waals surface area contributed by atoms with Gasteiger partial charge < -0.3 is 16.6 Å². The van der Waals surface area contributed by atoms with Crippen molar-refractivity contribution >= 4 is 5.96 Å². The lowest BCUT2D eigenvalue weighted by molar-refractivity contribution is 0.251. The maximum absolute atomic E-state index is 8.70. The molecular weight excluding hydrogens is 142 g/mol. The van der Waals surface area contributed by atoms with E-state index in [0.29, 0.717) is 6.54 Å². The highest BCUT2D eigenvalue weighted by Gasteiger charge is 2.41. The van der Waals surface area contributed by atoms with Gasteiger partial charge in [0, 0.05) is 13.2 Å². The summed E-state index contributed by atoms with van der Waals surface area (Å²) in [6.07, 6.45) is 3.11. The number of aliphatic imine (C=N–C) groups is 1. The van der Waals surface area contributed by atoms with Crippen LogP contribution in [0.5, 0.6) is 0 Å². The minimum Gasteiger partial charge on any atom is -0.396 e. The van der Waals surface area contributed by atoms with Crippen molar-refractivity contribution in [2.24, 2.45) is 21.9 Å². The van der Waals surface area contributed by atoms with Crippen LogP contribution in [0.3, 0.4) is 0 Å². The molecule has 5 N–H and O–H groups in total. The highest BCUT2D eigenvalue weighted by atomic mass is 16.3. The van der Waals surface area contributed by atoms with Crippen LogP contribution in [-0.4, -0.2) is 24.2 Å². The van der Waals surface area contributed by atoms with Crippen LogP contribution in [0.1, 0.15) is 19.3 Å². The highest BCUT2D eigenvalue weighted by molar-refractivity contribution is 5.75. The Hall–Kier alpha value is -0.770. The molecule has 0 amide bonds. The Morgan fingerprint density at radius 3 is 2.45 bits per heavy atom. The van der Waals surface area contributed by atoms with Crippen molar-refractivity contribution in [2.75, 3.05) is 13.2 Å². The molecule has 0 atom stereocenters. The predicted octanol–water partition coefficient (Wildman–Crippen LogP) is -0.578.